The van der Waals surface area contributed by atoms with Crippen molar-refractivity contribution in [2.75, 3.05) is 26.3 Å². The van der Waals surface area contributed by atoms with Crippen LogP contribution in [0.2, 0.25) is 0 Å². The number of hydrogen-bond donors (Lipinski definition) is 1. The fourth-order valence-electron chi connectivity index (χ4n) is 2.26. The molecule has 1 rings (SSSR count). The van der Waals surface area contributed by atoms with Crippen molar-refractivity contribution in [3.8, 4) is 0 Å². The number of nitrogens with zero attached hydrogens (tertiary/aromatic N) is 1. The molecule has 3 nitrogen and oxygen atoms in total. The Labute approximate surface area is 101 Å². The Morgan fingerprint density at radius 3 is 2.56 bits per heavy atom. The lowest BCUT2D eigenvalue weighted by atomic mass is 9.99. The summed E-state index contributed by atoms with van der Waals surface area (Å²) >= 11 is 0. The zero-order valence-electron chi connectivity index (χ0n) is 11.5. The van der Waals surface area contributed by atoms with E-state index in [4.69, 9.17) is 4.74 Å². The van der Waals surface area contributed by atoms with Gasteiger partial charge in [-0.15, -0.1) is 0 Å². The van der Waals surface area contributed by atoms with Crippen LogP contribution in [-0.2, 0) is 4.74 Å². The van der Waals surface area contributed by atoms with Crippen LogP contribution < -0.4 is 5.32 Å². The van der Waals surface area contributed by atoms with Crippen molar-refractivity contribution in [3.63, 3.8) is 0 Å². The molecule has 0 spiro atoms. The standard InChI is InChI=1S/C13H28N2O/c1-10(2)14-8-11(3)13(5)15-6-7-16-9-12(15)4/h10-14H,6-9H2,1-5H3. The lowest BCUT2D eigenvalue weighted by Crippen LogP contribution is -2.51. The summed E-state index contributed by atoms with van der Waals surface area (Å²) in [6.45, 7) is 15.3. The quantitative estimate of drug-likeness (QED) is 0.775. The van der Waals surface area contributed by atoms with Crippen molar-refractivity contribution in [1.82, 2.24) is 10.2 Å². The van der Waals surface area contributed by atoms with Gasteiger partial charge < -0.3 is 10.1 Å². The van der Waals surface area contributed by atoms with Gasteiger partial charge in [-0.1, -0.05) is 20.8 Å². The third-order valence-electron chi connectivity index (χ3n) is 3.61. The van der Waals surface area contributed by atoms with Gasteiger partial charge in [-0.2, -0.15) is 0 Å². The topological polar surface area (TPSA) is 24.5 Å². The van der Waals surface area contributed by atoms with E-state index < -0.39 is 0 Å². The van der Waals surface area contributed by atoms with Crippen LogP contribution in [0.4, 0.5) is 0 Å². The van der Waals surface area contributed by atoms with Crippen molar-refractivity contribution < 1.29 is 4.74 Å². The number of nitrogens with one attached hydrogen (secondary N) is 1. The van der Waals surface area contributed by atoms with Crippen LogP contribution in [0.3, 0.4) is 0 Å². The van der Waals surface area contributed by atoms with E-state index >= 15 is 0 Å². The second-order valence-electron chi connectivity index (χ2n) is 5.44. The first-order chi connectivity index (χ1) is 7.52. The Balaban J connectivity index is 2.38. The largest absolute Gasteiger partial charge is 0.379 e. The van der Waals surface area contributed by atoms with Crippen LogP contribution in [0.25, 0.3) is 0 Å². The highest BCUT2D eigenvalue weighted by molar-refractivity contribution is 4.81. The summed E-state index contributed by atoms with van der Waals surface area (Å²) < 4.78 is 5.48. The average Bonchev–Trinajstić information content (AvgIpc) is 2.25. The zero-order chi connectivity index (χ0) is 12.1. The Morgan fingerprint density at radius 1 is 1.31 bits per heavy atom. The molecule has 3 unspecified atom stereocenters. The summed E-state index contributed by atoms with van der Waals surface area (Å²) in [6.07, 6.45) is 0. The van der Waals surface area contributed by atoms with Crippen molar-refractivity contribution in [2.24, 2.45) is 5.92 Å². The molecule has 1 fully saturated rings. The molecular formula is C13H28N2O. The van der Waals surface area contributed by atoms with Crippen molar-refractivity contribution in [2.45, 2.75) is 52.7 Å². The summed E-state index contributed by atoms with van der Waals surface area (Å²) in [4.78, 5) is 2.58. The predicted octanol–water partition coefficient (Wildman–Crippen LogP) is 1.73. The maximum absolute atomic E-state index is 5.48. The van der Waals surface area contributed by atoms with Gasteiger partial charge >= 0.3 is 0 Å². The fraction of sp³-hybridized carbons (Fsp3) is 1.00. The van der Waals surface area contributed by atoms with Crippen LogP contribution in [0.5, 0.6) is 0 Å². The van der Waals surface area contributed by atoms with E-state index in [9.17, 15) is 0 Å². The first-order valence-electron chi connectivity index (χ1n) is 6.59. The molecular weight excluding hydrogens is 200 g/mol. The number of morpholine rings is 1. The van der Waals surface area contributed by atoms with Gasteiger partial charge in [-0.3, -0.25) is 4.90 Å². The van der Waals surface area contributed by atoms with Crippen molar-refractivity contribution in [1.29, 1.82) is 0 Å². The second kappa shape index (κ2) is 6.58. The van der Waals surface area contributed by atoms with Gasteiger partial charge in [0.05, 0.1) is 13.2 Å². The first-order valence-corrected chi connectivity index (χ1v) is 6.59. The zero-order valence-corrected chi connectivity index (χ0v) is 11.5. The van der Waals surface area contributed by atoms with Gasteiger partial charge in [-0.25, -0.2) is 0 Å². The molecule has 96 valence electrons. The summed E-state index contributed by atoms with van der Waals surface area (Å²) in [6, 6.07) is 1.77. The first kappa shape index (κ1) is 13.9. The molecule has 0 bridgehead atoms. The third-order valence-corrected chi connectivity index (χ3v) is 3.61. The van der Waals surface area contributed by atoms with E-state index in [1.165, 1.54) is 0 Å². The SMILES string of the molecule is CC(C)NCC(C)C(C)N1CCOCC1C. The minimum atomic E-state index is 0.560. The van der Waals surface area contributed by atoms with E-state index in [0.29, 0.717) is 24.0 Å². The van der Waals surface area contributed by atoms with Crippen molar-refractivity contribution >= 4 is 0 Å². The van der Waals surface area contributed by atoms with E-state index in [1.54, 1.807) is 0 Å². The monoisotopic (exact) mass is 228 g/mol. The number of ether oxygens (including phenoxy) is 1. The van der Waals surface area contributed by atoms with Crippen LogP contribution in [0, 0.1) is 5.92 Å². The average molecular weight is 228 g/mol. The normalized spacial score (nSPS) is 27.0. The highest BCUT2D eigenvalue weighted by atomic mass is 16.5. The van der Waals surface area contributed by atoms with Gasteiger partial charge in [0.25, 0.3) is 0 Å². The maximum atomic E-state index is 5.48. The molecule has 3 heteroatoms. The molecule has 0 amide bonds. The smallest absolute Gasteiger partial charge is 0.0619 e. The molecule has 0 radical (unpaired) electrons. The molecule has 0 aromatic heterocycles. The number of hydrogen-bond acceptors (Lipinski definition) is 3. The van der Waals surface area contributed by atoms with E-state index in [0.717, 1.165) is 26.3 Å². The summed E-state index contributed by atoms with van der Waals surface area (Å²) in [5.41, 5.74) is 0. The molecule has 0 saturated carbocycles. The van der Waals surface area contributed by atoms with Gasteiger partial charge in [0.1, 0.15) is 0 Å². The Bertz CT molecular complexity index is 196. The van der Waals surface area contributed by atoms with Crippen LogP contribution >= 0.6 is 0 Å². The van der Waals surface area contributed by atoms with Gasteiger partial charge in [0, 0.05) is 24.7 Å². The van der Waals surface area contributed by atoms with Crippen LogP contribution in [0.1, 0.15) is 34.6 Å². The van der Waals surface area contributed by atoms with Gasteiger partial charge in [0.15, 0.2) is 0 Å². The molecule has 3 atom stereocenters. The Morgan fingerprint density at radius 2 is 2.00 bits per heavy atom. The molecule has 16 heavy (non-hydrogen) atoms. The minimum absolute atomic E-state index is 0.560. The molecule has 0 aromatic carbocycles. The minimum Gasteiger partial charge on any atom is -0.379 e. The number of rotatable bonds is 5. The molecule has 0 aliphatic carbocycles. The molecule has 1 heterocycles. The van der Waals surface area contributed by atoms with E-state index in [2.05, 4.69) is 44.8 Å². The Hall–Kier alpha value is -0.120. The third kappa shape index (κ3) is 4.04. The van der Waals surface area contributed by atoms with Gasteiger partial charge in [-0.05, 0) is 26.3 Å². The molecule has 0 aromatic rings. The van der Waals surface area contributed by atoms with E-state index in [1.807, 2.05) is 0 Å². The highest BCUT2D eigenvalue weighted by Gasteiger charge is 2.26. The van der Waals surface area contributed by atoms with Gasteiger partial charge in [0.2, 0.25) is 0 Å². The van der Waals surface area contributed by atoms with Crippen LogP contribution in [-0.4, -0.2) is 49.3 Å². The highest BCUT2D eigenvalue weighted by Crippen LogP contribution is 2.16. The second-order valence-corrected chi connectivity index (χ2v) is 5.44. The molecule has 1 aliphatic rings. The van der Waals surface area contributed by atoms with E-state index in [-0.39, 0.29) is 0 Å². The summed E-state index contributed by atoms with van der Waals surface area (Å²) in [5, 5.41) is 3.52. The Kier molecular flexibility index (Phi) is 5.73. The lowest BCUT2D eigenvalue weighted by Gasteiger charge is -2.40. The van der Waals surface area contributed by atoms with Crippen LogP contribution in [0.15, 0.2) is 0 Å². The summed E-state index contributed by atoms with van der Waals surface area (Å²) in [7, 11) is 0. The molecule has 1 N–H and O–H groups in total. The molecule has 1 aliphatic heterocycles. The predicted molar refractivity (Wildman–Crippen MR) is 68.8 cm³/mol. The molecule has 1 saturated heterocycles. The fourth-order valence-corrected chi connectivity index (χ4v) is 2.26. The van der Waals surface area contributed by atoms with Crippen molar-refractivity contribution in [3.05, 3.63) is 0 Å². The lowest BCUT2D eigenvalue weighted by molar-refractivity contribution is -0.0287. The maximum Gasteiger partial charge on any atom is 0.0619 e. The summed E-state index contributed by atoms with van der Waals surface area (Å²) in [5.74, 6) is 0.683.